The first-order chi connectivity index (χ1) is 15.9. The van der Waals surface area contributed by atoms with Gasteiger partial charge in [-0.1, -0.05) is 52.0 Å². The molecule has 0 radical (unpaired) electrons. The zero-order valence-electron chi connectivity index (χ0n) is 18.8. The summed E-state index contributed by atoms with van der Waals surface area (Å²) < 4.78 is 11.4. The highest BCUT2D eigenvalue weighted by molar-refractivity contribution is 9.10. The van der Waals surface area contributed by atoms with Gasteiger partial charge in [-0.25, -0.2) is 4.79 Å². The quantitative estimate of drug-likeness (QED) is 0.268. The zero-order chi connectivity index (χ0) is 23.8. The summed E-state index contributed by atoms with van der Waals surface area (Å²) in [7, 11) is 1.63. The van der Waals surface area contributed by atoms with Crippen LogP contribution in [-0.4, -0.2) is 42.4 Å². The fourth-order valence-corrected chi connectivity index (χ4v) is 4.50. The first kappa shape index (κ1) is 24.9. The van der Waals surface area contributed by atoms with Crippen molar-refractivity contribution in [3.63, 3.8) is 0 Å². The third-order valence-electron chi connectivity index (χ3n) is 5.01. The van der Waals surface area contributed by atoms with Crippen molar-refractivity contribution in [2.24, 2.45) is 0 Å². The summed E-state index contributed by atoms with van der Waals surface area (Å²) in [6.07, 6.45) is 2.50. The summed E-state index contributed by atoms with van der Waals surface area (Å²) in [4.78, 5) is 28.6. The maximum atomic E-state index is 12.7. The van der Waals surface area contributed by atoms with Gasteiger partial charge in [0, 0.05) is 22.8 Å². The normalized spacial score (nSPS) is 11.6. The number of carbonyl (C=O) groups excluding carboxylic acids is 2. The standard InChI is InChI=1S/C25H27BrN2O4S/c1-4-32-25(30)22-21(18-7-9-19(26)10-8-18)15-28-24(22)33-16(2)23(29)27-14-13-17-5-11-20(31-3)12-6-17/h5-12,15-16,28H,4,13-14H2,1-3H3,(H,27,29)/t16-/m1/s1. The second-order valence-electron chi connectivity index (χ2n) is 7.28. The van der Waals surface area contributed by atoms with Crippen LogP contribution in [0.25, 0.3) is 11.1 Å². The molecule has 3 aromatic rings. The summed E-state index contributed by atoms with van der Waals surface area (Å²) in [5.74, 6) is 0.299. The fraction of sp³-hybridized carbons (Fsp3) is 0.280. The van der Waals surface area contributed by atoms with Gasteiger partial charge in [0.05, 0.1) is 29.6 Å². The maximum absolute atomic E-state index is 12.7. The molecular weight excluding hydrogens is 504 g/mol. The number of H-pyrrole nitrogens is 1. The molecule has 0 fully saturated rings. The number of nitrogens with one attached hydrogen (secondary N) is 2. The van der Waals surface area contributed by atoms with Crippen molar-refractivity contribution in [1.29, 1.82) is 0 Å². The van der Waals surface area contributed by atoms with E-state index in [1.54, 1.807) is 20.2 Å². The van der Waals surface area contributed by atoms with Crippen molar-refractivity contribution in [2.45, 2.75) is 30.5 Å². The summed E-state index contributed by atoms with van der Waals surface area (Å²) >= 11 is 4.74. The molecule has 0 unspecified atom stereocenters. The van der Waals surface area contributed by atoms with E-state index in [9.17, 15) is 9.59 Å². The van der Waals surface area contributed by atoms with Crippen molar-refractivity contribution in [3.05, 3.63) is 70.3 Å². The summed E-state index contributed by atoms with van der Waals surface area (Å²) in [6.45, 7) is 4.39. The van der Waals surface area contributed by atoms with Crippen molar-refractivity contribution in [3.8, 4) is 16.9 Å². The monoisotopic (exact) mass is 530 g/mol. The molecule has 0 saturated heterocycles. The lowest BCUT2D eigenvalue weighted by Crippen LogP contribution is -2.32. The minimum Gasteiger partial charge on any atom is -0.497 e. The minimum atomic E-state index is -0.411. The number of aromatic nitrogens is 1. The number of ether oxygens (including phenoxy) is 2. The van der Waals surface area contributed by atoms with E-state index < -0.39 is 11.2 Å². The van der Waals surface area contributed by atoms with E-state index in [2.05, 4.69) is 26.2 Å². The van der Waals surface area contributed by atoms with Gasteiger partial charge in [0.2, 0.25) is 5.91 Å². The van der Waals surface area contributed by atoms with Crippen LogP contribution in [0.1, 0.15) is 29.8 Å². The predicted octanol–water partition coefficient (Wildman–Crippen LogP) is 5.47. The van der Waals surface area contributed by atoms with E-state index in [1.165, 1.54) is 11.8 Å². The van der Waals surface area contributed by atoms with Crippen LogP contribution in [0.5, 0.6) is 5.75 Å². The molecule has 0 aliphatic heterocycles. The first-order valence-electron chi connectivity index (χ1n) is 10.6. The molecule has 0 aliphatic carbocycles. The molecule has 6 nitrogen and oxygen atoms in total. The van der Waals surface area contributed by atoms with Crippen LogP contribution < -0.4 is 10.1 Å². The fourth-order valence-electron chi connectivity index (χ4n) is 3.26. The molecule has 8 heteroatoms. The van der Waals surface area contributed by atoms with Gasteiger partial charge in [-0.2, -0.15) is 0 Å². The van der Waals surface area contributed by atoms with Crippen LogP contribution in [0.4, 0.5) is 0 Å². The SMILES string of the molecule is CCOC(=O)c1c(-c2ccc(Br)cc2)c[nH]c1S[C@H](C)C(=O)NCCc1ccc(OC)cc1. The Morgan fingerprint density at radius 2 is 1.82 bits per heavy atom. The molecule has 1 amide bonds. The number of carbonyl (C=O) groups is 2. The zero-order valence-corrected chi connectivity index (χ0v) is 21.2. The number of rotatable bonds is 10. The Morgan fingerprint density at radius 1 is 1.12 bits per heavy atom. The number of benzene rings is 2. The molecule has 0 bridgehead atoms. The summed E-state index contributed by atoms with van der Waals surface area (Å²) in [5, 5.41) is 3.19. The number of methoxy groups -OCH3 is 1. The van der Waals surface area contributed by atoms with Crippen molar-refractivity contribution < 1.29 is 19.1 Å². The first-order valence-corrected chi connectivity index (χ1v) is 12.3. The molecule has 3 rings (SSSR count). The van der Waals surface area contributed by atoms with Gasteiger partial charge in [0.15, 0.2) is 0 Å². The van der Waals surface area contributed by atoms with E-state index in [0.29, 0.717) is 17.1 Å². The van der Waals surface area contributed by atoms with Crippen molar-refractivity contribution in [1.82, 2.24) is 10.3 Å². The number of hydrogen-bond donors (Lipinski definition) is 2. The lowest BCUT2D eigenvalue weighted by Gasteiger charge is -2.13. The highest BCUT2D eigenvalue weighted by atomic mass is 79.9. The topological polar surface area (TPSA) is 80.4 Å². The van der Waals surface area contributed by atoms with E-state index in [0.717, 1.165) is 33.3 Å². The molecule has 0 saturated carbocycles. The number of esters is 1. The maximum Gasteiger partial charge on any atom is 0.341 e. The van der Waals surface area contributed by atoms with E-state index in [4.69, 9.17) is 9.47 Å². The Labute approximate surface area is 206 Å². The van der Waals surface area contributed by atoms with Crippen LogP contribution in [-0.2, 0) is 16.0 Å². The Balaban J connectivity index is 1.67. The third kappa shape index (κ3) is 6.65. The smallest absolute Gasteiger partial charge is 0.341 e. The number of aromatic amines is 1. The average molecular weight is 531 g/mol. The number of amides is 1. The lowest BCUT2D eigenvalue weighted by molar-refractivity contribution is -0.120. The van der Waals surface area contributed by atoms with Crippen molar-refractivity contribution >= 4 is 39.6 Å². The van der Waals surface area contributed by atoms with Crippen LogP contribution >= 0.6 is 27.7 Å². The largest absolute Gasteiger partial charge is 0.497 e. The molecule has 1 aromatic heterocycles. The Kier molecular flexibility index (Phi) is 9.03. The van der Waals surface area contributed by atoms with Gasteiger partial charge in [-0.3, -0.25) is 4.79 Å². The highest BCUT2D eigenvalue weighted by Crippen LogP contribution is 2.35. The van der Waals surface area contributed by atoms with Crippen LogP contribution in [0.3, 0.4) is 0 Å². The minimum absolute atomic E-state index is 0.0943. The predicted molar refractivity (Wildman–Crippen MR) is 135 cm³/mol. The Morgan fingerprint density at radius 3 is 2.45 bits per heavy atom. The molecule has 1 atom stereocenters. The Hall–Kier alpha value is -2.71. The molecular formula is C25H27BrN2O4S. The van der Waals surface area contributed by atoms with Gasteiger partial charge in [-0.05, 0) is 55.7 Å². The van der Waals surface area contributed by atoms with Gasteiger partial charge in [0.1, 0.15) is 5.75 Å². The second-order valence-corrected chi connectivity index (χ2v) is 9.55. The molecule has 2 aromatic carbocycles. The van der Waals surface area contributed by atoms with E-state index in [-0.39, 0.29) is 12.5 Å². The van der Waals surface area contributed by atoms with Gasteiger partial charge in [0.25, 0.3) is 0 Å². The highest BCUT2D eigenvalue weighted by Gasteiger charge is 2.24. The van der Waals surface area contributed by atoms with E-state index in [1.807, 2.05) is 55.5 Å². The van der Waals surface area contributed by atoms with E-state index >= 15 is 0 Å². The second kappa shape index (κ2) is 12.0. The van der Waals surface area contributed by atoms with Crippen LogP contribution in [0.2, 0.25) is 0 Å². The number of halogens is 1. The summed E-state index contributed by atoms with van der Waals surface area (Å²) in [5.41, 5.74) is 3.20. The van der Waals surface area contributed by atoms with Gasteiger partial charge in [-0.15, -0.1) is 0 Å². The van der Waals surface area contributed by atoms with Gasteiger partial charge < -0.3 is 19.8 Å². The van der Waals surface area contributed by atoms with Gasteiger partial charge >= 0.3 is 5.97 Å². The molecule has 0 aliphatic rings. The van der Waals surface area contributed by atoms with Crippen molar-refractivity contribution in [2.75, 3.05) is 20.3 Å². The molecule has 0 spiro atoms. The molecule has 1 heterocycles. The molecule has 174 valence electrons. The molecule has 33 heavy (non-hydrogen) atoms. The Bertz CT molecular complexity index is 1080. The van der Waals surface area contributed by atoms with Crippen LogP contribution in [0.15, 0.2) is 64.2 Å². The summed E-state index contributed by atoms with van der Waals surface area (Å²) in [6, 6.07) is 15.5. The third-order valence-corrected chi connectivity index (χ3v) is 6.67. The number of thioether (sulfide) groups is 1. The average Bonchev–Trinajstić information content (AvgIpc) is 3.23. The number of hydrogen-bond acceptors (Lipinski definition) is 5. The van der Waals surface area contributed by atoms with Crippen LogP contribution in [0, 0.1) is 0 Å². The lowest BCUT2D eigenvalue weighted by atomic mass is 10.1. The molecule has 2 N–H and O–H groups in total.